The van der Waals surface area contributed by atoms with Gasteiger partial charge in [0.25, 0.3) is 0 Å². The zero-order chi connectivity index (χ0) is 13.4. The lowest BCUT2D eigenvalue weighted by molar-refractivity contribution is -0.128. The van der Waals surface area contributed by atoms with Crippen molar-refractivity contribution in [2.75, 3.05) is 13.7 Å². The molecule has 1 saturated carbocycles. The third-order valence-corrected chi connectivity index (χ3v) is 3.17. The summed E-state index contributed by atoms with van der Waals surface area (Å²) >= 11 is 0. The Morgan fingerprint density at radius 2 is 2.11 bits per heavy atom. The first kappa shape index (κ1) is 13.3. The highest BCUT2D eigenvalue weighted by atomic mass is 19.4. The van der Waals surface area contributed by atoms with Crippen molar-refractivity contribution >= 4 is 0 Å². The molecule has 102 valence electrons. The molecule has 8 heteroatoms. The number of likely N-dealkylation sites (N-methyl/N-ethyl adjacent to an activating group) is 1. The van der Waals surface area contributed by atoms with Crippen LogP contribution in [-0.2, 0) is 13.0 Å². The van der Waals surface area contributed by atoms with E-state index in [4.69, 9.17) is 4.52 Å². The third kappa shape index (κ3) is 2.99. The van der Waals surface area contributed by atoms with E-state index in [1.165, 1.54) is 0 Å². The maximum absolute atomic E-state index is 12.1. The van der Waals surface area contributed by atoms with E-state index < -0.39 is 12.6 Å². The fourth-order valence-electron chi connectivity index (χ4n) is 1.78. The van der Waals surface area contributed by atoms with E-state index in [2.05, 4.69) is 10.1 Å². The molecule has 0 aromatic carbocycles. The largest absolute Gasteiger partial charge is 0.396 e. The number of hydrogen-bond donors (Lipinski definition) is 1. The van der Waals surface area contributed by atoms with Crippen LogP contribution in [0.5, 0.6) is 0 Å². The summed E-state index contributed by atoms with van der Waals surface area (Å²) in [5.41, 5.74) is -0.265. The van der Waals surface area contributed by atoms with Crippen molar-refractivity contribution in [3.63, 3.8) is 0 Å². The van der Waals surface area contributed by atoms with Gasteiger partial charge < -0.3 is 9.63 Å². The van der Waals surface area contributed by atoms with E-state index >= 15 is 0 Å². The van der Waals surface area contributed by atoms with Crippen molar-refractivity contribution in [1.29, 1.82) is 0 Å². The Bertz CT molecular complexity index is 415. The molecule has 0 unspecified atom stereocenters. The van der Waals surface area contributed by atoms with Crippen LogP contribution < -0.4 is 0 Å². The molecule has 0 bridgehead atoms. The Balaban J connectivity index is 1.94. The Labute approximate surface area is 102 Å². The van der Waals surface area contributed by atoms with E-state index in [0.29, 0.717) is 0 Å². The highest BCUT2D eigenvalue weighted by molar-refractivity contribution is 5.03. The summed E-state index contributed by atoms with van der Waals surface area (Å²) in [4.78, 5) is 5.52. The number of nitrogens with zero attached hydrogens (tertiary/aromatic N) is 3. The molecule has 1 fully saturated rings. The van der Waals surface area contributed by atoms with Crippen LogP contribution in [0.15, 0.2) is 4.52 Å². The SMILES string of the molecule is CN(Cc1nc(CC(F)(F)F)no1)C1(CO)CC1. The van der Waals surface area contributed by atoms with Gasteiger partial charge in [-0.05, 0) is 19.9 Å². The molecular weight excluding hydrogens is 251 g/mol. The molecule has 1 aliphatic carbocycles. The van der Waals surface area contributed by atoms with Gasteiger partial charge in [-0.15, -0.1) is 0 Å². The van der Waals surface area contributed by atoms with Gasteiger partial charge in [0.05, 0.1) is 13.2 Å². The molecule has 0 radical (unpaired) electrons. The van der Waals surface area contributed by atoms with Crippen molar-refractivity contribution < 1.29 is 22.8 Å². The maximum Gasteiger partial charge on any atom is 0.396 e. The number of alkyl halides is 3. The van der Waals surface area contributed by atoms with Crippen LogP contribution in [-0.4, -0.2) is 45.5 Å². The molecule has 0 atom stereocenters. The lowest BCUT2D eigenvalue weighted by atomic mass is 10.2. The van der Waals surface area contributed by atoms with Gasteiger partial charge in [-0.25, -0.2) is 0 Å². The quantitative estimate of drug-likeness (QED) is 0.864. The van der Waals surface area contributed by atoms with Gasteiger partial charge >= 0.3 is 6.18 Å². The van der Waals surface area contributed by atoms with Crippen molar-refractivity contribution in [2.45, 2.75) is 37.5 Å². The molecule has 1 aliphatic rings. The zero-order valence-corrected chi connectivity index (χ0v) is 9.87. The summed E-state index contributed by atoms with van der Waals surface area (Å²) in [6, 6.07) is 0. The fraction of sp³-hybridized carbons (Fsp3) is 0.800. The van der Waals surface area contributed by atoms with Gasteiger partial charge in [-0.1, -0.05) is 5.16 Å². The normalized spacial score (nSPS) is 18.3. The number of aliphatic hydroxyl groups is 1. The summed E-state index contributed by atoms with van der Waals surface area (Å²) in [6.07, 6.45) is -3.80. The van der Waals surface area contributed by atoms with Gasteiger partial charge in [0, 0.05) is 5.54 Å². The van der Waals surface area contributed by atoms with Crippen LogP contribution in [0.2, 0.25) is 0 Å². The summed E-state index contributed by atoms with van der Waals surface area (Å²) in [7, 11) is 1.77. The van der Waals surface area contributed by atoms with Crippen molar-refractivity contribution in [3.05, 3.63) is 11.7 Å². The van der Waals surface area contributed by atoms with Crippen LogP contribution in [0.1, 0.15) is 24.6 Å². The second kappa shape index (κ2) is 4.51. The average Bonchev–Trinajstić information content (AvgIpc) is 2.95. The Morgan fingerprint density at radius 1 is 1.44 bits per heavy atom. The topological polar surface area (TPSA) is 62.4 Å². The Hall–Kier alpha value is -1.15. The van der Waals surface area contributed by atoms with Crippen LogP contribution in [0, 0.1) is 0 Å². The molecule has 0 amide bonds. The zero-order valence-electron chi connectivity index (χ0n) is 9.87. The monoisotopic (exact) mass is 265 g/mol. The Kier molecular flexibility index (Phi) is 3.33. The molecule has 1 heterocycles. The lowest BCUT2D eigenvalue weighted by Crippen LogP contribution is -2.36. The first-order chi connectivity index (χ1) is 8.35. The van der Waals surface area contributed by atoms with Gasteiger partial charge in [-0.3, -0.25) is 4.90 Å². The predicted molar refractivity (Wildman–Crippen MR) is 54.6 cm³/mol. The second-order valence-corrected chi connectivity index (χ2v) is 4.63. The first-order valence-corrected chi connectivity index (χ1v) is 5.55. The van der Waals surface area contributed by atoms with Crippen LogP contribution in [0.3, 0.4) is 0 Å². The van der Waals surface area contributed by atoms with E-state index in [9.17, 15) is 18.3 Å². The van der Waals surface area contributed by atoms with E-state index in [-0.39, 0.29) is 30.4 Å². The number of hydrogen-bond acceptors (Lipinski definition) is 5. The molecule has 0 spiro atoms. The van der Waals surface area contributed by atoms with Crippen molar-refractivity contribution in [1.82, 2.24) is 15.0 Å². The molecule has 0 saturated heterocycles. The fourth-order valence-corrected chi connectivity index (χ4v) is 1.78. The van der Waals surface area contributed by atoms with E-state index in [0.717, 1.165) is 12.8 Å². The molecule has 1 aromatic rings. The first-order valence-electron chi connectivity index (χ1n) is 5.55. The number of aromatic nitrogens is 2. The molecule has 5 nitrogen and oxygen atoms in total. The number of halogens is 3. The van der Waals surface area contributed by atoms with Gasteiger partial charge in [0.2, 0.25) is 5.89 Å². The number of aliphatic hydroxyl groups excluding tert-OH is 1. The highest BCUT2D eigenvalue weighted by Crippen LogP contribution is 2.40. The molecule has 18 heavy (non-hydrogen) atoms. The average molecular weight is 265 g/mol. The molecule has 2 rings (SSSR count). The molecule has 1 N–H and O–H groups in total. The maximum atomic E-state index is 12.1. The van der Waals surface area contributed by atoms with E-state index in [1.54, 1.807) is 7.05 Å². The summed E-state index contributed by atoms with van der Waals surface area (Å²) < 4.78 is 41.1. The van der Waals surface area contributed by atoms with Crippen LogP contribution in [0.25, 0.3) is 0 Å². The van der Waals surface area contributed by atoms with Gasteiger partial charge in [0.1, 0.15) is 6.42 Å². The Morgan fingerprint density at radius 3 is 2.61 bits per heavy atom. The van der Waals surface area contributed by atoms with Gasteiger partial charge in [0.15, 0.2) is 5.82 Å². The minimum atomic E-state index is -4.34. The van der Waals surface area contributed by atoms with Crippen molar-refractivity contribution in [2.24, 2.45) is 0 Å². The minimum Gasteiger partial charge on any atom is -0.394 e. The standard InChI is InChI=1S/C10H14F3N3O2/c1-16(9(6-17)2-3-9)5-8-14-7(15-18-8)4-10(11,12)13/h17H,2-6H2,1H3. The second-order valence-electron chi connectivity index (χ2n) is 4.63. The van der Waals surface area contributed by atoms with E-state index in [1.807, 2.05) is 4.90 Å². The predicted octanol–water partition coefficient (Wildman–Crippen LogP) is 1.13. The summed E-state index contributed by atoms with van der Waals surface area (Å²) in [6.45, 7) is 0.262. The lowest BCUT2D eigenvalue weighted by Gasteiger charge is -2.24. The van der Waals surface area contributed by atoms with Crippen LogP contribution in [0.4, 0.5) is 13.2 Å². The molecule has 1 aromatic heterocycles. The van der Waals surface area contributed by atoms with Gasteiger partial charge in [-0.2, -0.15) is 18.2 Å². The smallest absolute Gasteiger partial charge is 0.394 e. The summed E-state index contributed by atoms with van der Waals surface area (Å²) in [5, 5.41) is 12.5. The molecular formula is C10H14F3N3O2. The third-order valence-electron chi connectivity index (χ3n) is 3.17. The highest BCUT2D eigenvalue weighted by Gasteiger charge is 2.46. The minimum absolute atomic E-state index is 0.0209. The molecule has 0 aliphatic heterocycles. The number of rotatable bonds is 5. The van der Waals surface area contributed by atoms with Crippen molar-refractivity contribution in [3.8, 4) is 0 Å². The summed E-state index contributed by atoms with van der Waals surface area (Å²) in [5.74, 6) is -0.226. The van der Waals surface area contributed by atoms with Crippen LogP contribution >= 0.6 is 0 Å².